The Bertz CT molecular complexity index is 555. The average Bonchev–Trinajstić information content (AvgIpc) is 2.55. The Balaban J connectivity index is 5.04. The van der Waals surface area contributed by atoms with Crippen molar-refractivity contribution in [1.82, 2.24) is 16.0 Å². The maximum atomic E-state index is 12.3. The standard InChI is InChI=1S/C14H24N4O7S/c1-6(2)11(15)14(25)17-7(3-9(19)20)13(24)18-8(5-26)12(23)16-4-10(21)22/h6-8,11,26H,3-5,15H2,1-2H3,(H,16,23)(H,17,25)(H,18,24)(H,19,20)(H,21,22). The predicted octanol–water partition coefficient (Wildman–Crippen LogP) is -2.46. The molecule has 26 heavy (non-hydrogen) atoms. The van der Waals surface area contributed by atoms with Crippen molar-refractivity contribution in [3.63, 3.8) is 0 Å². The Hall–Kier alpha value is -2.34. The molecule has 0 heterocycles. The van der Waals surface area contributed by atoms with E-state index >= 15 is 0 Å². The van der Waals surface area contributed by atoms with Crippen LogP contribution in [0.2, 0.25) is 0 Å². The van der Waals surface area contributed by atoms with Crippen LogP contribution in [-0.2, 0) is 24.0 Å². The van der Waals surface area contributed by atoms with E-state index < -0.39 is 60.8 Å². The van der Waals surface area contributed by atoms with Crippen molar-refractivity contribution in [2.45, 2.75) is 38.4 Å². The highest BCUT2D eigenvalue weighted by atomic mass is 32.1. The molecule has 0 aliphatic rings. The quantitative estimate of drug-likeness (QED) is 0.189. The number of nitrogens with two attached hydrogens (primary N) is 1. The van der Waals surface area contributed by atoms with Crippen molar-refractivity contribution < 1.29 is 34.2 Å². The Morgan fingerprint density at radius 2 is 1.46 bits per heavy atom. The van der Waals surface area contributed by atoms with Crippen LogP contribution in [-0.4, -0.2) is 70.3 Å². The number of amides is 3. The second-order valence-electron chi connectivity index (χ2n) is 5.78. The summed E-state index contributed by atoms with van der Waals surface area (Å²) in [6, 6.07) is -3.62. The van der Waals surface area contributed by atoms with Crippen molar-refractivity contribution in [1.29, 1.82) is 0 Å². The van der Waals surface area contributed by atoms with Crippen LogP contribution in [0.5, 0.6) is 0 Å². The second-order valence-corrected chi connectivity index (χ2v) is 6.15. The summed E-state index contributed by atoms with van der Waals surface area (Å²) in [4.78, 5) is 57.5. The molecule has 148 valence electrons. The molecule has 0 bridgehead atoms. The lowest BCUT2D eigenvalue weighted by Gasteiger charge is -2.23. The lowest BCUT2D eigenvalue weighted by atomic mass is 10.0. The van der Waals surface area contributed by atoms with E-state index in [9.17, 15) is 24.0 Å². The lowest BCUT2D eigenvalue weighted by Crippen LogP contribution is -2.57. The molecule has 0 aliphatic heterocycles. The van der Waals surface area contributed by atoms with Crippen LogP contribution < -0.4 is 21.7 Å². The normalized spacial score (nSPS) is 14.0. The third-order valence-corrected chi connectivity index (χ3v) is 3.63. The van der Waals surface area contributed by atoms with Gasteiger partial charge in [0.2, 0.25) is 17.7 Å². The van der Waals surface area contributed by atoms with Crippen LogP contribution >= 0.6 is 12.6 Å². The summed E-state index contributed by atoms with van der Waals surface area (Å²) in [7, 11) is 0. The Morgan fingerprint density at radius 3 is 1.88 bits per heavy atom. The van der Waals surface area contributed by atoms with Gasteiger partial charge in [-0.05, 0) is 5.92 Å². The number of aliphatic carboxylic acids is 2. The van der Waals surface area contributed by atoms with E-state index in [1.807, 2.05) is 0 Å². The second kappa shape index (κ2) is 11.3. The zero-order valence-corrected chi connectivity index (χ0v) is 15.3. The molecule has 3 amide bonds. The monoisotopic (exact) mass is 392 g/mol. The molecule has 0 radical (unpaired) electrons. The lowest BCUT2D eigenvalue weighted by molar-refractivity contribution is -0.141. The number of thiol groups is 1. The smallest absolute Gasteiger partial charge is 0.322 e. The molecule has 0 aliphatic carbocycles. The first-order valence-corrected chi connectivity index (χ1v) is 8.31. The molecule has 0 saturated carbocycles. The maximum Gasteiger partial charge on any atom is 0.322 e. The van der Waals surface area contributed by atoms with E-state index in [2.05, 4.69) is 28.6 Å². The fourth-order valence-corrected chi connectivity index (χ4v) is 1.96. The summed E-state index contributed by atoms with van der Waals surface area (Å²) in [6.07, 6.45) is -0.724. The molecule has 0 saturated heterocycles. The maximum absolute atomic E-state index is 12.3. The van der Waals surface area contributed by atoms with Crippen molar-refractivity contribution in [3.8, 4) is 0 Å². The van der Waals surface area contributed by atoms with Gasteiger partial charge < -0.3 is 31.9 Å². The van der Waals surface area contributed by atoms with Crippen molar-refractivity contribution in [2.75, 3.05) is 12.3 Å². The summed E-state index contributed by atoms with van der Waals surface area (Å²) in [6.45, 7) is 2.71. The van der Waals surface area contributed by atoms with Crippen LogP contribution in [0.25, 0.3) is 0 Å². The van der Waals surface area contributed by atoms with Crippen molar-refractivity contribution >= 4 is 42.3 Å². The van der Waals surface area contributed by atoms with Gasteiger partial charge in [0.15, 0.2) is 0 Å². The molecule has 12 heteroatoms. The fourth-order valence-electron chi connectivity index (χ4n) is 1.71. The van der Waals surface area contributed by atoms with Gasteiger partial charge in [0, 0.05) is 5.75 Å². The Morgan fingerprint density at radius 1 is 0.923 bits per heavy atom. The molecular weight excluding hydrogens is 368 g/mol. The number of carboxylic acid groups (broad SMARTS) is 2. The summed E-state index contributed by atoms with van der Waals surface area (Å²) >= 11 is 3.90. The summed E-state index contributed by atoms with van der Waals surface area (Å²) in [5.41, 5.74) is 5.66. The number of hydrogen-bond donors (Lipinski definition) is 7. The highest BCUT2D eigenvalue weighted by Crippen LogP contribution is 2.02. The third kappa shape index (κ3) is 8.67. The SMILES string of the molecule is CC(C)C(N)C(=O)NC(CC(=O)O)C(=O)NC(CS)C(=O)NCC(=O)O. The van der Waals surface area contributed by atoms with Crippen molar-refractivity contribution in [3.05, 3.63) is 0 Å². The molecule has 7 N–H and O–H groups in total. The summed E-state index contributed by atoms with van der Waals surface area (Å²) in [5.74, 6) is -5.48. The van der Waals surface area contributed by atoms with Gasteiger partial charge in [-0.3, -0.25) is 24.0 Å². The predicted molar refractivity (Wildman–Crippen MR) is 93.4 cm³/mol. The van der Waals surface area contributed by atoms with Gasteiger partial charge >= 0.3 is 11.9 Å². The highest BCUT2D eigenvalue weighted by Gasteiger charge is 2.29. The largest absolute Gasteiger partial charge is 0.481 e. The first-order chi connectivity index (χ1) is 12.0. The molecule has 0 aromatic heterocycles. The first kappa shape index (κ1) is 23.7. The number of hydrogen-bond acceptors (Lipinski definition) is 7. The van der Waals surface area contributed by atoms with Crippen molar-refractivity contribution in [2.24, 2.45) is 11.7 Å². The van der Waals surface area contributed by atoms with E-state index in [-0.39, 0.29) is 11.7 Å². The third-order valence-electron chi connectivity index (χ3n) is 3.26. The van der Waals surface area contributed by atoms with Crippen LogP contribution in [0.15, 0.2) is 0 Å². The van der Waals surface area contributed by atoms with Gasteiger partial charge in [0.05, 0.1) is 12.5 Å². The minimum absolute atomic E-state index is 0.170. The van der Waals surface area contributed by atoms with Crippen LogP contribution in [0, 0.1) is 5.92 Å². The van der Waals surface area contributed by atoms with E-state index in [1.165, 1.54) is 0 Å². The van der Waals surface area contributed by atoms with Gasteiger partial charge in [0.25, 0.3) is 0 Å². The molecule has 3 unspecified atom stereocenters. The summed E-state index contributed by atoms with van der Waals surface area (Å²) < 4.78 is 0. The van der Waals surface area contributed by atoms with Crippen LogP contribution in [0.1, 0.15) is 20.3 Å². The van der Waals surface area contributed by atoms with E-state index in [1.54, 1.807) is 13.8 Å². The van der Waals surface area contributed by atoms with Gasteiger partial charge in [-0.1, -0.05) is 13.8 Å². The van der Waals surface area contributed by atoms with E-state index in [0.29, 0.717) is 0 Å². The number of nitrogens with one attached hydrogen (secondary N) is 3. The van der Waals surface area contributed by atoms with Gasteiger partial charge in [-0.25, -0.2) is 0 Å². The number of carbonyl (C=O) groups excluding carboxylic acids is 3. The molecule has 0 aromatic carbocycles. The minimum atomic E-state index is -1.46. The zero-order valence-electron chi connectivity index (χ0n) is 14.4. The number of carboxylic acids is 2. The minimum Gasteiger partial charge on any atom is -0.481 e. The van der Waals surface area contributed by atoms with Gasteiger partial charge in [-0.2, -0.15) is 12.6 Å². The van der Waals surface area contributed by atoms with E-state index in [0.717, 1.165) is 0 Å². The molecule has 3 atom stereocenters. The van der Waals surface area contributed by atoms with E-state index in [4.69, 9.17) is 15.9 Å². The molecule has 0 rings (SSSR count). The molecule has 11 nitrogen and oxygen atoms in total. The van der Waals surface area contributed by atoms with Crippen LogP contribution in [0.4, 0.5) is 0 Å². The first-order valence-electron chi connectivity index (χ1n) is 7.68. The highest BCUT2D eigenvalue weighted by molar-refractivity contribution is 7.80. The average molecular weight is 392 g/mol. The Labute approximate surface area is 155 Å². The van der Waals surface area contributed by atoms with Crippen LogP contribution in [0.3, 0.4) is 0 Å². The van der Waals surface area contributed by atoms with Gasteiger partial charge in [0.1, 0.15) is 18.6 Å². The molecule has 0 aromatic rings. The fraction of sp³-hybridized carbons (Fsp3) is 0.643. The Kier molecular flexibility index (Phi) is 10.3. The molecular formula is C14H24N4O7S. The number of carbonyl (C=O) groups is 5. The number of rotatable bonds is 11. The topological polar surface area (TPSA) is 188 Å². The van der Waals surface area contributed by atoms with Gasteiger partial charge in [-0.15, -0.1) is 0 Å². The molecule has 0 spiro atoms. The molecule has 0 fully saturated rings. The summed E-state index contributed by atoms with van der Waals surface area (Å²) in [5, 5.41) is 24.0. The zero-order chi connectivity index (χ0) is 20.4.